The smallest absolute Gasteiger partial charge is 0.338 e. The van der Waals surface area contributed by atoms with Gasteiger partial charge in [-0.1, -0.05) is 57.5 Å². The quantitative estimate of drug-likeness (QED) is 0.345. The van der Waals surface area contributed by atoms with Crippen LogP contribution >= 0.6 is 0 Å². The SMILES string of the molecule is C[C@@H]1CC[C@@H](C(C)(C)c2ccccc2)[C@@H](OC(=O)c2cc([N+](=O)[O-])cc([N+](=O)[O-])c2)C1. The maximum Gasteiger partial charge on any atom is 0.338 e. The van der Waals surface area contributed by atoms with Gasteiger partial charge in [0.25, 0.3) is 11.4 Å². The average molecular weight is 426 g/mol. The zero-order valence-corrected chi connectivity index (χ0v) is 17.8. The van der Waals surface area contributed by atoms with E-state index in [2.05, 4.69) is 32.9 Å². The Morgan fingerprint density at radius 2 is 1.58 bits per heavy atom. The maximum atomic E-state index is 12.9. The molecule has 1 fully saturated rings. The Morgan fingerprint density at radius 1 is 1.00 bits per heavy atom. The second kappa shape index (κ2) is 8.83. The first kappa shape index (κ1) is 22.4. The molecular weight excluding hydrogens is 400 g/mol. The van der Waals surface area contributed by atoms with E-state index in [1.54, 1.807) is 0 Å². The lowest BCUT2D eigenvalue weighted by Gasteiger charge is -2.44. The van der Waals surface area contributed by atoms with Crippen molar-refractivity contribution in [3.8, 4) is 0 Å². The zero-order valence-electron chi connectivity index (χ0n) is 17.8. The molecule has 3 atom stereocenters. The van der Waals surface area contributed by atoms with Gasteiger partial charge in [0.05, 0.1) is 21.5 Å². The van der Waals surface area contributed by atoms with Crippen LogP contribution in [0.2, 0.25) is 0 Å². The first-order chi connectivity index (χ1) is 14.6. The number of hydrogen-bond acceptors (Lipinski definition) is 6. The average Bonchev–Trinajstić information content (AvgIpc) is 2.73. The van der Waals surface area contributed by atoms with Crippen molar-refractivity contribution in [3.05, 3.63) is 79.9 Å². The molecule has 0 saturated heterocycles. The molecule has 0 aromatic heterocycles. The highest BCUT2D eigenvalue weighted by Crippen LogP contribution is 2.44. The molecule has 8 heteroatoms. The Bertz CT molecular complexity index is 957. The molecule has 0 radical (unpaired) electrons. The minimum atomic E-state index is -0.778. The van der Waals surface area contributed by atoms with E-state index in [1.165, 1.54) is 0 Å². The van der Waals surface area contributed by atoms with Gasteiger partial charge in [-0.2, -0.15) is 0 Å². The highest BCUT2D eigenvalue weighted by molar-refractivity contribution is 5.91. The van der Waals surface area contributed by atoms with Crippen LogP contribution in [-0.2, 0) is 10.2 Å². The number of ether oxygens (including phenoxy) is 1. The Morgan fingerprint density at radius 3 is 2.13 bits per heavy atom. The van der Waals surface area contributed by atoms with Crippen LogP contribution in [0.4, 0.5) is 11.4 Å². The summed E-state index contributed by atoms with van der Waals surface area (Å²) in [5.74, 6) is -0.372. The molecule has 0 aliphatic heterocycles. The van der Waals surface area contributed by atoms with E-state index in [0.29, 0.717) is 12.3 Å². The summed E-state index contributed by atoms with van der Waals surface area (Å²) in [6.45, 7) is 6.36. The van der Waals surface area contributed by atoms with Gasteiger partial charge < -0.3 is 4.74 Å². The fourth-order valence-corrected chi connectivity index (χ4v) is 4.50. The molecule has 1 aliphatic rings. The topological polar surface area (TPSA) is 113 Å². The van der Waals surface area contributed by atoms with Crippen LogP contribution in [-0.4, -0.2) is 21.9 Å². The summed E-state index contributed by atoms with van der Waals surface area (Å²) in [5, 5.41) is 22.3. The maximum absolute atomic E-state index is 12.9. The normalized spacial score (nSPS) is 21.3. The van der Waals surface area contributed by atoms with Gasteiger partial charge in [-0.3, -0.25) is 20.2 Å². The number of carbonyl (C=O) groups is 1. The third-order valence-corrected chi connectivity index (χ3v) is 6.32. The lowest BCUT2D eigenvalue weighted by Crippen LogP contribution is -2.43. The van der Waals surface area contributed by atoms with Crippen molar-refractivity contribution in [2.24, 2.45) is 11.8 Å². The summed E-state index contributed by atoms with van der Waals surface area (Å²) >= 11 is 0. The highest BCUT2D eigenvalue weighted by atomic mass is 16.6. The molecule has 1 saturated carbocycles. The minimum absolute atomic E-state index is 0.0451. The van der Waals surface area contributed by atoms with Gasteiger partial charge in [0.1, 0.15) is 6.10 Å². The van der Waals surface area contributed by atoms with Gasteiger partial charge in [-0.05, 0) is 29.7 Å². The van der Waals surface area contributed by atoms with Crippen molar-refractivity contribution in [2.75, 3.05) is 0 Å². The van der Waals surface area contributed by atoms with E-state index in [4.69, 9.17) is 4.74 Å². The minimum Gasteiger partial charge on any atom is -0.458 e. The first-order valence-corrected chi connectivity index (χ1v) is 10.3. The van der Waals surface area contributed by atoms with Crippen molar-refractivity contribution in [1.29, 1.82) is 0 Å². The monoisotopic (exact) mass is 426 g/mol. The molecule has 0 heterocycles. The Balaban J connectivity index is 1.90. The van der Waals surface area contributed by atoms with E-state index < -0.39 is 33.3 Å². The Kier molecular flexibility index (Phi) is 6.38. The van der Waals surface area contributed by atoms with Crippen LogP contribution in [0.15, 0.2) is 48.5 Å². The number of benzene rings is 2. The number of nitrogens with zero attached hydrogens (tertiary/aromatic N) is 2. The summed E-state index contributed by atoms with van der Waals surface area (Å²) in [6.07, 6.45) is 2.15. The van der Waals surface area contributed by atoms with Crippen molar-refractivity contribution >= 4 is 17.3 Å². The van der Waals surface area contributed by atoms with Gasteiger partial charge >= 0.3 is 5.97 Å². The van der Waals surface area contributed by atoms with Gasteiger partial charge in [0, 0.05) is 18.1 Å². The summed E-state index contributed by atoms with van der Waals surface area (Å²) in [7, 11) is 0. The summed E-state index contributed by atoms with van der Waals surface area (Å²) in [4.78, 5) is 33.7. The van der Waals surface area contributed by atoms with Gasteiger partial charge in [-0.25, -0.2) is 4.79 Å². The molecule has 1 aliphatic carbocycles. The molecule has 0 N–H and O–H groups in total. The largest absolute Gasteiger partial charge is 0.458 e. The fraction of sp³-hybridized carbons (Fsp3) is 0.435. The van der Waals surface area contributed by atoms with Crippen molar-refractivity contribution in [2.45, 2.75) is 51.6 Å². The predicted octanol–water partition coefficient (Wildman–Crippen LogP) is 5.44. The second-order valence-electron chi connectivity index (χ2n) is 8.81. The Labute approximate surface area is 180 Å². The fourth-order valence-electron chi connectivity index (χ4n) is 4.50. The van der Waals surface area contributed by atoms with E-state index in [9.17, 15) is 25.0 Å². The van der Waals surface area contributed by atoms with Crippen LogP contribution in [0, 0.1) is 32.1 Å². The molecule has 0 spiro atoms. The number of carbonyl (C=O) groups excluding carboxylic acids is 1. The van der Waals surface area contributed by atoms with Crippen molar-refractivity contribution in [1.82, 2.24) is 0 Å². The summed E-state index contributed by atoms with van der Waals surface area (Å²) in [6, 6.07) is 12.9. The summed E-state index contributed by atoms with van der Waals surface area (Å²) in [5.41, 5.74) is -0.336. The molecule has 8 nitrogen and oxygen atoms in total. The van der Waals surface area contributed by atoms with Crippen molar-refractivity contribution in [3.63, 3.8) is 0 Å². The van der Waals surface area contributed by atoms with Gasteiger partial charge in [-0.15, -0.1) is 0 Å². The highest BCUT2D eigenvalue weighted by Gasteiger charge is 2.42. The van der Waals surface area contributed by atoms with Crippen LogP contribution in [0.3, 0.4) is 0 Å². The molecule has 31 heavy (non-hydrogen) atoms. The van der Waals surface area contributed by atoms with Crippen LogP contribution in [0.1, 0.15) is 56.0 Å². The zero-order chi connectivity index (χ0) is 22.8. The van der Waals surface area contributed by atoms with E-state index in [0.717, 1.165) is 36.6 Å². The molecule has 164 valence electrons. The standard InChI is InChI=1S/C23H26N2O6/c1-15-9-10-20(23(2,3)17-7-5-4-6-8-17)21(11-15)31-22(26)16-12-18(24(27)28)14-19(13-16)25(29)30/h4-8,12-15,20-21H,9-11H2,1-3H3/t15-,20-,21+/m1/s1. The first-order valence-electron chi connectivity index (χ1n) is 10.3. The number of nitro benzene ring substituents is 2. The second-order valence-corrected chi connectivity index (χ2v) is 8.81. The lowest BCUT2D eigenvalue weighted by molar-refractivity contribution is -0.394. The molecule has 0 unspecified atom stereocenters. The number of esters is 1. The molecular formula is C23H26N2O6. The van der Waals surface area contributed by atoms with E-state index in [1.807, 2.05) is 18.2 Å². The Hall–Kier alpha value is -3.29. The number of nitro groups is 2. The van der Waals surface area contributed by atoms with Gasteiger partial charge in [0.15, 0.2) is 0 Å². The van der Waals surface area contributed by atoms with E-state index in [-0.39, 0.29) is 16.9 Å². The molecule has 2 aromatic rings. The molecule has 0 bridgehead atoms. The van der Waals surface area contributed by atoms with Crippen LogP contribution < -0.4 is 0 Å². The van der Waals surface area contributed by atoms with Gasteiger partial charge in [0.2, 0.25) is 0 Å². The molecule has 3 rings (SSSR count). The van der Waals surface area contributed by atoms with Crippen LogP contribution in [0.5, 0.6) is 0 Å². The lowest BCUT2D eigenvalue weighted by atomic mass is 9.64. The predicted molar refractivity (Wildman–Crippen MR) is 115 cm³/mol. The van der Waals surface area contributed by atoms with Crippen molar-refractivity contribution < 1.29 is 19.4 Å². The number of non-ortho nitro benzene ring substituents is 2. The third-order valence-electron chi connectivity index (χ3n) is 6.32. The van der Waals surface area contributed by atoms with Crippen LogP contribution in [0.25, 0.3) is 0 Å². The third kappa shape index (κ3) is 4.90. The summed E-state index contributed by atoms with van der Waals surface area (Å²) < 4.78 is 5.85. The molecule has 2 aromatic carbocycles. The number of hydrogen-bond donors (Lipinski definition) is 0. The number of rotatable bonds is 6. The van der Waals surface area contributed by atoms with E-state index >= 15 is 0 Å². The molecule has 0 amide bonds.